The fraction of sp³-hybridized carbons (Fsp3) is 0.250. The predicted molar refractivity (Wildman–Crippen MR) is 150 cm³/mol. The summed E-state index contributed by atoms with van der Waals surface area (Å²) < 4.78 is 1.84. The summed E-state index contributed by atoms with van der Waals surface area (Å²) in [5.74, 6) is -0.457. The Morgan fingerprint density at radius 3 is 2.38 bits per heavy atom. The molecule has 0 saturated carbocycles. The summed E-state index contributed by atoms with van der Waals surface area (Å²) in [5, 5.41) is 13.3. The van der Waals surface area contributed by atoms with Crippen LogP contribution in [-0.4, -0.2) is 26.9 Å². The topological polar surface area (TPSA) is 58.4 Å². The Bertz CT molecular complexity index is 1430. The van der Waals surface area contributed by atoms with Gasteiger partial charge in [0, 0.05) is 36.6 Å². The third-order valence-corrected chi connectivity index (χ3v) is 7.27. The fourth-order valence-corrected chi connectivity index (χ4v) is 5.35. The predicted octanol–water partition coefficient (Wildman–Crippen LogP) is 6.85. The molecule has 188 valence electrons. The Morgan fingerprint density at radius 2 is 1.76 bits per heavy atom. The highest BCUT2D eigenvalue weighted by molar-refractivity contribution is 5.85. The summed E-state index contributed by atoms with van der Waals surface area (Å²) in [4.78, 5) is 13.5. The third-order valence-electron chi connectivity index (χ3n) is 7.27. The second-order valence-corrected chi connectivity index (χ2v) is 10.3. The van der Waals surface area contributed by atoms with Gasteiger partial charge in [-0.3, -0.25) is 4.68 Å². The average Bonchev–Trinajstić information content (AvgIpc) is 3.33. The fourth-order valence-electron chi connectivity index (χ4n) is 5.35. The van der Waals surface area contributed by atoms with E-state index in [1.807, 2.05) is 30.1 Å². The van der Waals surface area contributed by atoms with Crippen LogP contribution in [0.25, 0.3) is 17.2 Å². The number of carboxylic acid groups (broad SMARTS) is 1. The number of benzene rings is 3. The van der Waals surface area contributed by atoms with Crippen molar-refractivity contribution in [3.05, 3.63) is 113 Å². The first-order valence-corrected chi connectivity index (χ1v) is 12.8. The van der Waals surface area contributed by atoms with Crippen LogP contribution in [0, 0.1) is 0 Å². The molecule has 0 spiro atoms. The highest BCUT2D eigenvalue weighted by Crippen LogP contribution is 2.42. The first-order valence-electron chi connectivity index (χ1n) is 12.8. The van der Waals surface area contributed by atoms with Crippen LogP contribution < -0.4 is 4.90 Å². The summed E-state index contributed by atoms with van der Waals surface area (Å²) in [5.41, 5.74) is 9.55. The molecular weight excluding hydrogens is 458 g/mol. The second-order valence-electron chi connectivity index (χ2n) is 10.3. The number of nitrogens with zero attached hydrogens (tertiary/aromatic N) is 3. The lowest BCUT2D eigenvalue weighted by molar-refractivity contribution is -0.131. The van der Waals surface area contributed by atoms with Crippen LogP contribution in [0.15, 0.2) is 85.2 Å². The number of carboxylic acids is 1. The molecule has 1 aromatic heterocycles. The molecule has 0 radical (unpaired) electrons. The zero-order valence-electron chi connectivity index (χ0n) is 21.8. The van der Waals surface area contributed by atoms with Crippen LogP contribution in [0.5, 0.6) is 0 Å². The highest BCUT2D eigenvalue weighted by Gasteiger charge is 2.33. The number of aryl methyl sites for hydroxylation is 1. The van der Waals surface area contributed by atoms with Gasteiger partial charge in [0.25, 0.3) is 0 Å². The van der Waals surface area contributed by atoms with Crippen molar-refractivity contribution in [2.45, 2.75) is 45.2 Å². The molecule has 0 amide bonds. The highest BCUT2D eigenvalue weighted by atomic mass is 16.4. The molecule has 2 atom stereocenters. The largest absolute Gasteiger partial charge is 0.478 e. The third kappa shape index (κ3) is 5.08. The number of rotatable bonds is 6. The molecule has 1 N–H and O–H groups in total. The molecule has 4 aromatic rings. The Labute approximate surface area is 218 Å². The Morgan fingerprint density at radius 1 is 1.03 bits per heavy atom. The van der Waals surface area contributed by atoms with Gasteiger partial charge in [-0.2, -0.15) is 5.10 Å². The van der Waals surface area contributed by atoms with Crippen LogP contribution in [0.1, 0.15) is 60.5 Å². The summed E-state index contributed by atoms with van der Waals surface area (Å²) in [6.45, 7) is 6.74. The minimum atomic E-state index is -0.945. The van der Waals surface area contributed by atoms with Crippen molar-refractivity contribution in [2.24, 2.45) is 7.05 Å². The van der Waals surface area contributed by atoms with Crippen molar-refractivity contribution in [1.82, 2.24) is 9.78 Å². The number of anilines is 1. The number of hydrogen-bond donors (Lipinski definition) is 1. The molecule has 0 bridgehead atoms. The van der Waals surface area contributed by atoms with Gasteiger partial charge < -0.3 is 10.0 Å². The van der Waals surface area contributed by atoms with E-state index in [9.17, 15) is 4.79 Å². The van der Waals surface area contributed by atoms with Gasteiger partial charge in [-0.25, -0.2) is 4.79 Å². The number of aromatic nitrogens is 2. The zero-order chi connectivity index (χ0) is 26.1. The summed E-state index contributed by atoms with van der Waals surface area (Å²) in [6.07, 6.45) is 7.72. The van der Waals surface area contributed by atoms with Crippen molar-refractivity contribution in [3.63, 3.8) is 0 Å². The molecule has 0 fully saturated rings. The van der Waals surface area contributed by atoms with Crippen molar-refractivity contribution < 1.29 is 9.90 Å². The maximum atomic E-state index is 11.0. The van der Waals surface area contributed by atoms with E-state index in [1.54, 1.807) is 6.08 Å². The van der Waals surface area contributed by atoms with Gasteiger partial charge in [0.05, 0.1) is 12.2 Å². The second kappa shape index (κ2) is 10.1. The molecule has 5 nitrogen and oxygen atoms in total. The van der Waals surface area contributed by atoms with E-state index in [1.165, 1.54) is 39.6 Å². The molecule has 0 aliphatic carbocycles. The van der Waals surface area contributed by atoms with Crippen LogP contribution in [0.4, 0.5) is 5.69 Å². The molecular formula is C32H33N3O2. The van der Waals surface area contributed by atoms with Gasteiger partial charge >= 0.3 is 5.97 Å². The van der Waals surface area contributed by atoms with Crippen molar-refractivity contribution in [2.75, 3.05) is 4.90 Å². The summed E-state index contributed by atoms with van der Waals surface area (Å²) >= 11 is 0. The standard InChI is InChI=1S/C32H33N3O2/c1-21(2)24-10-13-29(14-11-24)35-22(3)17-27-18-26(28-19-33-34(4)20-28)12-15-30(27)32(35)25-8-5-23(6-9-25)7-16-31(36)37/h5-16,18-22,32H,17H2,1-4H3,(H,36,37)/b16-7+/t22-,32-/m0/s1. The number of fused-ring (bicyclic) bond motifs is 1. The maximum absolute atomic E-state index is 11.0. The molecule has 0 unspecified atom stereocenters. The van der Waals surface area contributed by atoms with Gasteiger partial charge in [0.1, 0.15) is 0 Å². The normalized spacial score (nSPS) is 17.4. The Kier molecular flexibility index (Phi) is 6.70. The molecule has 5 heteroatoms. The van der Waals surface area contributed by atoms with Crippen LogP contribution in [-0.2, 0) is 18.3 Å². The van der Waals surface area contributed by atoms with Gasteiger partial charge in [-0.15, -0.1) is 0 Å². The van der Waals surface area contributed by atoms with Crippen molar-refractivity contribution in [1.29, 1.82) is 0 Å². The van der Waals surface area contributed by atoms with E-state index >= 15 is 0 Å². The van der Waals surface area contributed by atoms with E-state index in [2.05, 4.69) is 91.6 Å². The van der Waals surface area contributed by atoms with E-state index in [-0.39, 0.29) is 12.1 Å². The van der Waals surface area contributed by atoms with E-state index in [0.29, 0.717) is 5.92 Å². The average molecular weight is 492 g/mol. The minimum Gasteiger partial charge on any atom is -0.478 e. The van der Waals surface area contributed by atoms with Gasteiger partial charge in [-0.1, -0.05) is 68.4 Å². The summed E-state index contributed by atoms with van der Waals surface area (Å²) in [6, 6.07) is 24.3. The van der Waals surface area contributed by atoms with Gasteiger partial charge in [0.15, 0.2) is 0 Å². The molecule has 2 heterocycles. The van der Waals surface area contributed by atoms with E-state index in [4.69, 9.17) is 5.11 Å². The molecule has 5 rings (SSSR count). The SMILES string of the molecule is CC(C)c1ccc(N2[C@@H](c3ccc(/C=C/C(=O)O)cc3)c3ccc(-c4cnn(C)c4)cc3C[C@@H]2C)cc1. The van der Waals surface area contributed by atoms with E-state index in [0.717, 1.165) is 17.5 Å². The van der Waals surface area contributed by atoms with Crippen molar-refractivity contribution in [3.8, 4) is 11.1 Å². The molecule has 0 saturated heterocycles. The molecule has 3 aromatic carbocycles. The lowest BCUT2D eigenvalue weighted by Crippen LogP contribution is -2.42. The van der Waals surface area contributed by atoms with Crippen LogP contribution in [0.2, 0.25) is 0 Å². The number of aliphatic carboxylic acids is 1. The Hall–Kier alpha value is -4.12. The van der Waals surface area contributed by atoms with Gasteiger partial charge in [0.2, 0.25) is 0 Å². The molecule has 1 aliphatic rings. The molecule has 1 aliphatic heterocycles. The first kappa shape index (κ1) is 24.6. The minimum absolute atomic E-state index is 0.0455. The van der Waals surface area contributed by atoms with Crippen LogP contribution >= 0.6 is 0 Å². The smallest absolute Gasteiger partial charge is 0.328 e. The number of carbonyl (C=O) groups is 1. The van der Waals surface area contributed by atoms with Gasteiger partial charge in [-0.05, 0) is 70.9 Å². The van der Waals surface area contributed by atoms with E-state index < -0.39 is 5.97 Å². The zero-order valence-corrected chi connectivity index (χ0v) is 21.8. The lowest BCUT2D eigenvalue weighted by atomic mass is 9.83. The molecule has 37 heavy (non-hydrogen) atoms. The summed E-state index contributed by atoms with van der Waals surface area (Å²) in [7, 11) is 1.94. The lowest BCUT2D eigenvalue weighted by Gasteiger charge is -2.44. The Balaban J connectivity index is 1.59. The maximum Gasteiger partial charge on any atom is 0.328 e. The first-order chi connectivity index (χ1) is 17.8. The van der Waals surface area contributed by atoms with Crippen LogP contribution in [0.3, 0.4) is 0 Å². The monoisotopic (exact) mass is 491 g/mol. The number of hydrogen-bond acceptors (Lipinski definition) is 3. The van der Waals surface area contributed by atoms with Crippen molar-refractivity contribution >= 4 is 17.7 Å². The quantitative estimate of drug-likeness (QED) is 0.300.